The van der Waals surface area contributed by atoms with Crippen molar-refractivity contribution < 1.29 is 4.39 Å². The van der Waals surface area contributed by atoms with E-state index in [1.54, 1.807) is 11.9 Å². The van der Waals surface area contributed by atoms with Gasteiger partial charge in [-0.2, -0.15) is 0 Å². The van der Waals surface area contributed by atoms with Gasteiger partial charge in [-0.25, -0.2) is 4.39 Å². The Morgan fingerprint density at radius 1 is 1.15 bits per heavy atom. The van der Waals surface area contributed by atoms with Gasteiger partial charge >= 0.3 is 0 Å². The van der Waals surface area contributed by atoms with Gasteiger partial charge in [-0.05, 0) is 62.8 Å². The molecule has 0 spiro atoms. The van der Waals surface area contributed by atoms with Crippen LogP contribution in [0, 0.1) is 6.92 Å². The van der Waals surface area contributed by atoms with Crippen LogP contribution in [0.3, 0.4) is 0 Å². The first-order valence-electron chi connectivity index (χ1n) is 8.59. The maximum absolute atomic E-state index is 14.1. The van der Waals surface area contributed by atoms with Crippen molar-refractivity contribution in [2.45, 2.75) is 18.4 Å². The van der Waals surface area contributed by atoms with Crippen molar-refractivity contribution >= 4 is 22.9 Å². The third-order valence-corrected chi connectivity index (χ3v) is 5.16. The molecule has 0 amide bonds. The lowest BCUT2D eigenvalue weighted by Gasteiger charge is -2.10. The molecule has 26 heavy (non-hydrogen) atoms. The molecule has 3 nitrogen and oxygen atoms in total. The summed E-state index contributed by atoms with van der Waals surface area (Å²) >= 11 is 1.69. The van der Waals surface area contributed by atoms with Crippen molar-refractivity contribution in [1.29, 1.82) is 0 Å². The summed E-state index contributed by atoms with van der Waals surface area (Å²) in [6, 6.07) is 16.7. The lowest BCUT2D eigenvalue weighted by Crippen LogP contribution is -2.03. The van der Waals surface area contributed by atoms with Gasteiger partial charge in [0, 0.05) is 33.6 Å². The van der Waals surface area contributed by atoms with Crippen LogP contribution >= 0.6 is 11.9 Å². The number of rotatable bonds is 6. The van der Waals surface area contributed by atoms with Crippen molar-refractivity contribution in [2.75, 3.05) is 20.6 Å². The quantitative estimate of drug-likeness (QED) is 0.621. The van der Waals surface area contributed by atoms with Crippen molar-refractivity contribution in [3.05, 3.63) is 66.1 Å². The summed E-state index contributed by atoms with van der Waals surface area (Å²) < 4.78 is 18.2. The van der Waals surface area contributed by atoms with E-state index in [0.717, 1.165) is 27.7 Å². The number of hydrogen-bond acceptors (Lipinski definition) is 3. The molecular formula is C21H24FN3S. The number of aromatic nitrogens is 1. The van der Waals surface area contributed by atoms with E-state index in [-0.39, 0.29) is 18.9 Å². The second-order valence-corrected chi connectivity index (χ2v) is 7.76. The minimum absolute atomic E-state index is 0.206. The van der Waals surface area contributed by atoms with Crippen LogP contribution in [-0.2, 0) is 6.54 Å². The van der Waals surface area contributed by atoms with Crippen LogP contribution in [0.5, 0.6) is 0 Å². The fraction of sp³-hybridized carbons (Fsp3) is 0.238. The van der Waals surface area contributed by atoms with Gasteiger partial charge in [0.2, 0.25) is 0 Å². The topological polar surface area (TPSA) is 34.2 Å². The molecular weight excluding hydrogens is 345 g/mol. The Morgan fingerprint density at radius 3 is 2.50 bits per heavy atom. The summed E-state index contributed by atoms with van der Waals surface area (Å²) in [6.07, 6.45) is 1.43. The van der Waals surface area contributed by atoms with Crippen LogP contribution in [-0.4, -0.2) is 29.5 Å². The molecule has 0 radical (unpaired) electrons. The molecule has 3 rings (SSSR count). The van der Waals surface area contributed by atoms with Gasteiger partial charge in [-0.3, -0.25) is 4.31 Å². The average molecular weight is 370 g/mol. The predicted octanol–water partition coefficient (Wildman–Crippen LogP) is 5.00. The summed E-state index contributed by atoms with van der Waals surface area (Å²) in [5.74, 6) is -0.208. The fourth-order valence-electron chi connectivity index (χ4n) is 3.24. The molecule has 5 heteroatoms. The lowest BCUT2D eigenvalue weighted by atomic mass is 10.0. The maximum atomic E-state index is 14.1. The molecule has 2 N–H and O–H groups in total. The summed E-state index contributed by atoms with van der Waals surface area (Å²) in [4.78, 5) is 1.19. The molecule has 0 aliphatic heterocycles. The number of benzene rings is 2. The summed E-state index contributed by atoms with van der Waals surface area (Å²) in [6.45, 7) is 2.47. The third kappa shape index (κ3) is 3.85. The Morgan fingerprint density at radius 2 is 1.85 bits per heavy atom. The highest BCUT2D eigenvalue weighted by Gasteiger charge is 2.16. The summed E-state index contributed by atoms with van der Waals surface area (Å²) in [7, 11) is 4.06. The number of para-hydroxylation sites is 1. The van der Waals surface area contributed by atoms with E-state index in [1.165, 1.54) is 11.0 Å². The Bertz CT molecular complexity index is 926. The largest absolute Gasteiger partial charge is 0.337 e. The molecule has 0 saturated carbocycles. The first kappa shape index (κ1) is 18.7. The highest BCUT2D eigenvalue weighted by molar-refractivity contribution is 7.97. The highest BCUT2D eigenvalue weighted by atomic mass is 32.2. The monoisotopic (exact) mass is 369 g/mol. The van der Waals surface area contributed by atoms with E-state index >= 15 is 0 Å². The van der Waals surface area contributed by atoms with Crippen LogP contribution < -0.4 is 5.73 Å². The molecule has 0 bridgehead atoms. The van der Waals surface area contributed by atoms with Crippen molar-refractivity contribution in [3.63, 3.8) is 0 Å². The zero-order chi connectivity index (χ0) is 18.7. The third-order valence-electron chi connectivity index (χ3n) is 4.31. The van der Waals surface area contributed by atoms with Crippen molar-refractivity contribution in [3.8, 4) is 11.1 Å². The standard InChI is InChI=1S/C21H24FN3S/c1-15-21(16-8-10-18(11-9-16)26-24(2)3)19-6-4-5-7-20(19)25(15)14-17(22)12-13-23/h4-12H,13-14,23H2,1-3H3/b17-12-. The molecule has 0 unspecified atom stereocenters. The zero-order valence-electron chi connectivity index (χ0n) is 15.4. The molecule has 0 aliphatic rings. The van der Waals surface area contributed by atoms with Gasteiger partial charge in [0.15, 0.2) is 0 Å². The van der Waals surface area contributed by atoms with Crippen LogP contribution in [0.2, 0.25) is 0 Å². The predicted molar refractivity (Wildman–Crippen MR) is 110 cm³/mol. The fourth-order valence-corrected chi connectivity index (χ4v) is 3.92. The van der Waals surface area contributed by atoms with Crippen molar-refractivity contribution in [2.24, 2.45) is 5.73 Å². The molecule has 0 fully saturated rings. The van der Waals surface area contributed by atoms with Gasteiger partial charge in [-0.15, -0.1) is 0 Å². The molecule has 1 aromatic heterocycles. The number of fused-ring (bicyclic) bond motifs is 1. The highest BCUT2D eigenvalue weighted by Crippen LogP contribution is 2.36. The van der Waals surface area contributed by atoms with E-state index in [4.69, 9.17) is 5.73 Å². The van der Waals surface area contributed by atoms with Crippen molar-refractivity contribution in [1.82, 2.24) is 8.87 Å². The minimum Gasteiger partial charge on any atom is -0.337 e. The second-order valence-electron chi connectivity index (χ2n) is 6.38. The van der Waals surface area contributed by atoms with Crippen LogP contribution in [0.25, 0.3) is 22.0 Å². The Hall–Kier alpha value is -2.08. The number of allylic oxidation sites excluding steroid dienone is 1. The molecule has 0 saturated heterocycles. The molecule has 136 valence electrons. The first-order valence-corrected chi connectivity index (χ1v) is 9.36. The molecule has 0 atom stereocenters. The Kier molecular flexibility index (Phi) is 5.81. The normalized spacial score (nSPS) is 12.3. The van der Waals surface area contributed by atoms with Gasteiger partial charge in [-0.1, -0.05) is 30.3 Å². The Balaban J connectivity index is 2.09. The summed E-state index contributed by atoms with van der Waals surface area (Å²) in [5, 5.41) is 1.14. The van der Waals surface area contributed by atoms with E-state index in [2.05, 4.69) is 34.6 Å². The SMILES string of the molecule is Cc1c(-c2ccc(SN(C)C)cc2)c2ccccc2n1C/C(F)=C/CN. The van der Waals surface area contributed by atoms with Gasteiger partial charge in [0.1, 0.15) is 5.83 Å². The zero-order valence-corrected chi connectivity index (χ0v) is 16.2. The van der Waals surface area contributed by atoms with E-state index in [1.807, 2.05) is 43.8 Å². The minimum atomic E-state index is -0.208. The number of halogens is 1. The van der Waals surface area contributed by atoms with E-state index in [9.17, 15) is 4.39 Å². The van der Waals surface area contributed by atoms with Gasteiger partial charge in [0.25, 0.3) is 0 Å². The van der Waals surface area contributed by atoms with Gasteiger partial charge < -0.3 is 10.3 Å². The van der Waals surface area contributed by atoms with E-state index in [0.29, 0.717) is 0 Å². The maximum Gasteiger partial charge on any atom is 0.117 e. The van der Waals surface area contributed by atoms with Crippen LogP contribution in [0.4, 0.5) is 4.39 Å². The second kappa shape index (κ2) is 8.08. The lowest BCUT2D eigenvalue weighted by molar-refractivity contribution is 0.555. The van der Waals surface area contributed by atoms with E-state index < -0.39 is 0 Å². The smallest absolute Gasteiger partial charge is 0.117 e. The van der Waals surface area contributed by atoms with Crippen LogP contribution in [0.15, 0.2) is 65.3 Å². The molecule has 0 aliphatic carbocycles. The number of nitrogens with two attached hydrogens (primary N) is 1. The molecule has 3 aromatic rings. The van der Waals surface area contributed by atoms with Crippen LogP contribution in [0.1, 0.15) is 5.69 Å². The molecule has 1 heterocycles. The number of hydrogen-bond donors (Lipinski definition) is 1. The Labute approximate surface area is 158 Å². The van der Waals surface area contributed by atoms with Gasteiger partial charge in [0.05, 0.1) is 6.54 Å². The first-order chi connectivity index (χ1) is 12.5. The molecule has 2 aromatic carbocycles. The average Bonchev–Trinajstić information content (AvgIpc) is 2.88. The summed E-state index contributed by atoms with van der Waals surface area (Å²) in [5.41, 5.74) is 9.83. The number of nitrogens with zero attached hydrogens (tertiary/aromatic N) is 2.